The molecular formula is C17H14N2OS. The monoisotopic (exact) mass is 294 g/mol. The highest BCUT2D eigenvalue weighted by Gasteiger charge is 2.21. The molecule has 21 heavy (non-hydrogen) atoms. The summed E-state index contributed by atoms with van der Waals surface area (Å²) in [6, 6.07) is 16.1. The number of fused-ring (bicyclic) bond motifs is 3. The Morgan fingerprint density at radius 3 is 2.76 bits per heavy atom. The van der Waals surface area contributed by atoms with E-state index < -0.39 is 0 Å². The molecule has 0 unspecified atom stereocenters. The van der Waals surface area contributed by atoms with Crippen molar-refractivity contribution < 1.29 is 4.74 Å². The lowest BCUT2D eigenvalue weighted by atomic mass is 10.1. The van der Waals surface area contributed by atoms with E-state index in [9.17, 15) is 0 Å². The molecule has 4 rings (SSSR count). The minimum absolute atomic E-state index is 0.617. The first kappa shape index (κ1) is 12.4. The summed E-state index contributed by atoms with van der Waals surface area (Å²) in [7, 11) is 0. The highest BCUT2D eigenvalue weighted by molar-refractivity contribution is 7.12. The normalized spacial score (nSPS) is 12.4. The summed E-state index contributed by atoms with van der Waals surface area (Å²) in [6.45, 7) is 0.617. The number of nitrogens with zero attached hydrogens (tertiary/aromatic N) is 1. The van der Waals surface area contributed by atoms with Gasteiger partial charge in [0.25, 0.3) is 0 Å². The molecule has 0 saturated carbocycles. The second-order valence-corrected chi connectivity index (χ2v) is 6.25. The SMILES string of the molecule is Nc1ccc(Cc2nc3c(s2)COc2ccccc2-3)cc1. The van der Waals surface area contributed by atoms with Gasteiger partial charge in [-0.25, -0.2) is 4.98 Å². The third kappa shape index (κ3) is 2.28. The van der Waals surface area contributed by atoms with Crippen LogP contribution in [0, 0.1) is 0 Å². The van der Waals surface area contributed by atoms with E-state index in [0.717, 1.165) is 34.1 Å². The topological polar surface area (TPSA) is 48.1 Å². The van der Waals surface area contributed by atoms with Crippen molar-refractivity contribution in [3.63, 3.8) is 0 Å². The summed E-state index contributed by atoms with van der Waals surface area (Å²) in [5.74, 6) is 0.925. The van der Waals surface area contributed by atoms with Crippen LogP contribution in [0.5, 0.6) is 5.75 Å². The van der Waals surface area contributed by atoms with Crippen molar-refractivity contribution >= 4 is 17.0 Å². The molecule has 2 heterocycles. The van der Waals surface area contributed by atoms with Crippen molar-refractivity contribution in [1.82, 2.24) is 4.98 Å². The van der Waals surface area contributed by atoms with Crippen LogP contribution in [0.2, 0.25) is 0 Å². The summed E-state index contributed by atoms with van der Waals surface area (Å²) in [4.78, 5) is 6.02. The smallest absolute Gasteiger partial charge is 0.129 e. The van der Waals surface area contributed by atoms with E-state index in [4.69, 9.17) is 15.5 Å². The van der Waals surface area contributed by atoms with E-state index >= 15 is 0 Å². The lowest BCUT2D eigenvalue weighted by Crippen LogP contribution is -2.02. The maximum Gasteiger partial charge on any atom is 0.129 e. The molecule has 0 spiro atoms. The predicted octanol–water partition coefficient (Wildman–Crippen LogP) is 3.88. The van der Waals surface area contributed by atoms with E-state index in [1.807, 2.05) is 30.3 Å². The fourth-order valence-corrected chi connectivity index (χ4v) is 3.56. The zero-order valence-corrected chi connectivity index (χ0v) is 12.2. The van der Waals surface area contributed by atoms with Gasteiger partial charge in [0.2, 0.25) is 0 Å². The average molecular weight is 294 g/mol. The van der Waals surface area contributed by atoms with Gasteiger partial charge in [0, 0.05) is 17.7 Å². The first-order chi connectivity index (χ1) is 10.3. The highest BCUT2D eigenvalue weighted by Crippen LogP contribution is 2.39. The van der Waals surface area contributed by atoms with Crippen LogP contribution in [0.3, 0.4) is 0 Å². The maximum absolute atomic E-state index is 5.78. The van der Waals surface area contributed by atoms with Crippen molar-refractivity contribution in [2.24, 2.45) is 0 Å². The first-order valence-corrected chi connectivity index (χ1v) is 7.66. The predicted molar refractivity (Wildman–Crippen MR) is 85.5 cm³/mol. The molecule has 0 bridgehead atoms. The molecule has 1 aromatic heterocycles. The van der Waals surface area contributed by atoms with Gasteiger partial charge in [0.05, 0.1) is 15.6 Å². The maximum atomic E-state index is 5.78. The summed E-state index contributed by atoms with van der Waals surface area (Å²) < 4.78 is 5.78. The van der Waals surface area contributed by atoms with Crippen LogP contribution in [-0.2, 0) is 13.0 Å². The molecule has 0 fully saturated rings. The summed E-state index contributed by atoms with van der Waals surface area (Å²) in [6.07, 6.45) is 0.833. The number of aromatic nitrogens is 1. The van der Waals surface area contributed by atoms with Crippen molar-refractivity contribution in [2.45, 2.75) is 13.0 Å². The molecule has 0 amide bonds. The molecule has 0 aliphatic carbocycles. The fraction of sp³-hybridized carbons (Fsp3) is 0.118. The lowest BCUT2D eigenvalue weighted by molar-refractivity contribution is 0.305. The third-order valence-corrected chi connectivity index (χ3v) is 4.61. The Kier molecular flexibility index (Phi) is 2.89. The Morgan fingerprint density at radius 2 is 1.90 bits per heavy atom. The minimum atomic E-state index is 0.617. The van der Waals surface area contributed by atoms with Gasteiger partial charge in [-0.15, -0.1) is 11.3 Å². The number of nitrogen functional groups attached to an aromatic ring is 1. The second-order valence-electron chi connectivity index (χ2n) is 5.08. The summed E-state index contributed by atoms with van der Waals surface area (Å²) in [5.41, 5.74) is 9.91. The molecule has 4 heteroatoms. The number of nitrogens with two attached hydrogens (primary N) is 1. The van der Waals surface area contributed by atoms with Crippen LogP contribution >= 0.6 is 11.3 Å². The van der Waals surface area contributed by atoms with Gasteiger partial charge in [-0.3, -0.25) is 0 Å². The van der Waals surface area contributed by atoms with E-state index in [-0.39, 0.29) is 0 Å². The Bertz CT molecular complexity index is 793. The van der Waals surface area contributed by atoms with Crippen LogP contribution in [0.1, 0.15) is 15.4 Å². The van der Waals surface area contributed by atoms with Gasteiger partial charge < -0.3 is 10.5 Å². The van der Waals surface area contributed by atoms with Crippen molar-refractivity contribution in [1.29, 1.82) is 0 Å². The number of para-hydroxylation sites is 1. The molecule has 2 aromatic carbocycles. The number of rotatable bonds is 2. The van der Waals surface area contributed by atoms with Crippen molar-refractivity contribution in [3.05, 3.63) is 64.0 Å². The molecule has 1 aliphatic heterocycles. The third-order valence-electron chi connectivity index (χ3n) is 3.58. The number of ether oxygens (including phenoxy) is 1. The molecule has 0 radical (unpaired) electrons. The number of hydrogen-bond donors (Lipinski definition) is 1. The summed E-state index contributed by atoms with van der Waals surface area (Å²) >= 11 is 1.73. The molecule has 3 aromatic rings. The van der Waals surface area contributed by atoms with E-state index in [2.05, 4.69) is 18.2 Å². The fourth-order valence-electron chi connectivity index (χ4n) is 2.53. The van der Waals surface area contributed by atoms with Crippen LogP contribution in [-0.4, -0.2) is 4.98 Å². The first-order valence-electron chi connectivity index (χ1n) is 6.85. The van der Waals surface area contributed by atoms with Gasteiger partial charge in [-0.1, -0.05) is 24.3 Å². The minimum Gasteiger partial charge on any atom is -0.487 e. The zero-order chi connectivity index (χ0) is 14.2. The molecular weight excluding hydrogens is 280 g/mol. The molecule has 1 aliphatic rings. The van der Waals surface area contributed by atoms with E-state index in [0.29, 0.717) is 6.61 Å². The number of thiazole rings is 1. The number of hydrogen-bond acceptors (Lipinski definition) is 4. The van der Waals surface area contributed by atoms with Crippen LogP contribution < -0.4 is 10.5 Å². The second kappa shape index (κ2) is 4.90. The number of anilines is 1. The van der Waals surface area contributed by atoms with Gasteiger partial charge in [-0.05, 0) is 29.8 Å². The highest BCUT2D eigenvalue weighted by atomic mass is 32.1. The largest absolute Gasteiger partial charge is 0.487 e. The van der Waals surface area contributed by atoms with Crippen LogP contribution in [0.4, 0.5) is 5.69 Å². The number of benzene rings is 2. The molecule has 2 N–H and O–H groups in total. The van der Waals surface area contributed by atoms with Crippen LogP contribution in [0.15, 0.2) is 48.5 Å². The Morgan fingerprint density at radius 1 is 1.10 bits per heavy atom. The molecule has 3 nitrogen and oxygen atoms in total. The molecule has 104 valence electrons. The summed E-state index contributed by atoms with van der Waals surface area (Å²) in [5, 5.41) is 1.12. The van der Waals surface area contributed by atoms with Gasteiger partial charge in [0.15, 0.2) is 0 Å². The average Bonchev–Trinajstić information content (AvgIpc) is 2.92. The molecule has 0 saturated heterocycles. The quantitative estimate of drug-likeness (QED) is 0.730. The Balaban J connectivity index is 1.68. The van der Waals surface area contributed by atoms with Crippen molar-refractivity contribution in [3.8, 4) is 17.0 Å². The van der Waals surface area contributed by atoms with Gasteiger partial charge in [0.1, 0.15) is 12.4 Å². The lowest BCUT2D eigenvalue weighted by Gasteiger charge is -2.15. The Labute approximate surface area is 127 Å². The van der Waals surface area contributed by atoms with E-state index in [1.165, 1.54) is 10.4 Å². The van der Waals surface area contributed by atoms with Gasteiger partial charge >= 0.3 is 0 Å². The van der Waals surface area contributed by atoms with Crippen LogP contribution in [0.25, 0.3) is 11.3 Å². The van der Waals surface area contributed by atoms with E-state index in [1.54, 1.807) is 11.3 Å². The zero-order valence-electron chi connectivity index (χ0n) is 11.4. The van der Waals surface area contributed by atoms with Crippen molar-refractivity contribution in [2.75, 3.05) is 5.73 Å². The standard InChI is InChI=1S/C17H14N2OS/c18-12-7-5-11(6-8-12)9-16-19-17-13-3-1-2-4-14(13)20-10-15(17)21-16/h1-8H,9-10,18H2. The molecule has 0 atom stereocenters. The van der Waals surface area contributed by atoms with Gasteiger partial charge in [-0.2, -0.15) is 0 Å². The Hall–Kier alpha value is -2.33.